The summed E-state index contributed by atoms with van der Waals surface area (Å²) in [5, 5.41) is 8.73. The van der Waals surface area contributed by atoms with Gasteiger partial charge in [0.15, 0.2) is 0 Å². The van der Waals surface area contributed by atoms with Gasteiger partial charge < -0.3 is 9.84 Å². The fourth-order valence-electron chi connectivity index (χ4n) is 1.93. The van der Waals surface area contributed by atoms with Gasteiger partial charge in [0.25, 0.3) is 0 Å². The number of hydrogen-bond donors (Lipinski definition) is 1. The van der Waals surface area contributed by atoms with E-state index in [1.54, 1.807) is 19.1 Å². The SMILES string of the molecule is CCCN(CC)S(=O)(=O)c1cc(C#CCO)ccc1OC. The van der Waals surface area contributed by atoms with Crippen LogP contribution >= 0.6 is 0 Å². The van der Waals surface area contributed by atoms with Crippen LogP contribution < -0.4 is 4.74 Å². The third-order valence-electron chi connectivity index (χ3n) is 2.92. The van der Waals surface area contributed by atoms with E-state index in [1.165, 1.54) is 17.5 Å². The first-order chi connectivity index (χ1) is 10.0. The molecule has 0 aliphatic heterocycles. The molecule has 0 unspecified atom stereocenters. The van der Waals surface area contributed by atoms with Gasteiger partial charge in [0.05, 0.1) is 7.11 Å². The van der Waals surface area contributed by atoms with Crippen LogP contribution in [-0.4, -0.2) is 44.6 Å². The smallest absolute Gasteiger partial charge is 0.246 e. The number of nitrogens with zero attached hydrogens (tertiary/aromatic N) is 1. The zero-order valence-electron chi connectivity index (χ0n) is 12.6. The molecular formula is C15H21NO4S. The van der Waals surface area contributed by atoms with Crippen molar-refractivity contribution in [1.29, 1.82) is 0 Å². The first-order valence-corrected chi connectivity index (χ1v) is 8.23. The zero-order chi connectivity index (χ0) is 15.9. The predicted octanol–water partition coefficient (Wildman–Crippen LogP) is 1.46. The molecule has 0 aliphatic rings. The van der Waals surface area contributed by atoms with Crippen LogP contribution in [0, 0.1) is 11.8 Å². The van der Waals surface area contributed by atoms with E-state index in [9.17, 15) is 8.42 Å². The van der Waals surface area contributed by atoms with Crippen molar-refractivity contribution in [2.24, 2.45) is 0 Å². The summed E-state index contributed by atoms with van der Waals surface area (Å²) in [6.07, 6.45) is 0.736. The summed E-state index contributed by atoms with van der Waals surface area (Å²) in [6, 6.07) is 4.72. The topological polar surface area (TPSA) is 66.8 Å². The second-order valence-corrected chi connectivity index (χ2v) is 6.23. The molecule has 116 valence electrons. The van der Waals surface area contributed by atoms with Crippen LogP contribution in [0.2, 0.25) is 0 Å². The van der Waals surface area contributed by atoms with Crippen LogP contribution in [0.15, 0.2) is 23.1 Å². The Balaban J connectivity index is 3.37. The normalized spacial score (nSPS) is 11.1. The molecule has 0 aromatic heterocycles. The maximum absolute atomic E-state index is 12.7. The summed E-state index contributed by atoms with van der Waals surface area (Å²) in [4.78, 5) is 0.102. The van der Waals surface area contributed by atoms with Crippen LogP contribution in [-0.2, 0) is 10.0 Å². The fraction of sp³-hybridized carbons (Fsp3) is 0.467. The Morgan fingerprint density at radius 1 is 1.33 bits per heavy atom. The van der Waals surface area contributed by atoms with Crippen LogP contribution in [0.25, 0.3) is 0 Å². The molecule has 1 aromatic carbocycles. The molecule has 5 nitrogen and oxygen atoms in total. The second-order valence-electron chi connectivity index (χ2n) is 4.32. The largest absolute Gasteiger partial charge is 0.495 e. The van der Waals surface area contributed by atoms with Crippen molar-refractivity contribution in [3.63, 3.8) is 0 Å². The molecule has 0 atom stereocenters. The van der Waals surface area contributed by atoms with Crippen LogP contribution in [0.4, 0.5) is 0 Å². The maximum atomic E-state index is 12.7. The first-order valence-electron chi connectivity index (χ1n) is 6.79. The zero-order valence-corrected chi connectivity index (χ0v) is 13.4. The second kappa shape index (κ2) is 8.03. The lowest BCUT2D eigenvalue weighted by atomic mass is 10.2. The highest BCUT2D eigenvalue weighted by Crippen LogP contribution is 2.27. The van der Waals surface area contributed by atoms with E-state index in [0.717, 1.165) is 6.42 Å². The predicted molar refractivity (Wildman–Crippen MR) is 81.7 cm³/mol. The van der Waals surface area contributed by atoms with E-state index in [1.807, 2.05) is 6.92 Å². The minimum absolute atomic E-state index is 0.102. The molecule has 0 radical (unpaired) electrons. The lowest BCUT2D eigenvalue weighted by Crippen LogP contribution is -2.31. The number of rotatable bonds is 6. The van der Waals surface area contributed by atoms with Crippen LogP contribution in [0.3, 0.4) is 0 Å². The molecule has 0 heterocycles. The van der Waals surface area contributed by atoms with Gasteiger partial charge in [-0.3, -0.25) is 0 Å². The van der Waals surface area contributed by atoms with E-state index >= 15 is 0 Å². The van der Waals surface area contributed by atoms with Crippen molar-refractivity contribution in [3.8, 4) is 17.6 Å². The third-order valence-corrected chi connectivity index (χ3v) is 4.91. The van der Waals surface area contributed by atoms with Crippen molar-refractivity contribution in [3.05, 3.63) is 23.8 Å². The Hall–Kier alpha value is -1.55. The molecule has 0 fully saturated rings. The highest BCUT2D eigenvalue weighted by Gasteiger charge is 2.26. The summed E-state index contributed by atoms with van der Waals surface area (Å²) in [7, 11) is -2.19. The lowest BCUT2D eigenvalue weighted by molar-refractivity contribution is 0.350. The van der Waals surface area contributed by atoms with E-state index in [0.29, 0.717) is 24.4 Å². The number of ether oxygens (including phenoxy) is 1. The molecule has 1 rings (SSSR count). The van der Waals surface area contributed by atoms with Crippen molar-refractivity contribution >= 4 is 10.0 Å². The number of benzene rings is 1. The van der Waals surface area contributed by atoms with Gasteiger partial charge in [-0.25, -0.2) is 8.42 Å². The molecule has 21 heavy (non-hydrogen) atoms. The van der Waals surface area contributed by atoms with Gasteiger partial charge in [0.1, 0.15) is 17.3 Å². The van der Waals surface area contributed by atoms with Gasteiger partial charge in [0, 0.05) is 18.7 Å². The summed E-state index contributed by atoms with van der Waals surface area (Å²) in [6.45, 7) is 4.30. The Labute approximate surface area is 126 Å². The Kier molecular flexibility index (Phi) is 6.69. The van der Waals surface area contributed by atoms with E-state index in [2.05, 4.69) is 11.8 Å². The molecular weight excluding hydrogens is 290 g/mol. The van der Waals surface area contributed by atoms with E-state index in [4.69, 9.17) is 9.84 Å². The molecule has 0 bridgehead atoms. The fourth-order valence-corrected chi connectivity index (χ4v) is 3.66. The third kappa shape index (κ3) is 4.21. The molecule has 0 amide bonds. The van der Waals surface area contributed by atoms with Gasteiger partial charge in [-0.15, -0.1) is 0 Å². The average Bonchev–Trinajstić information content (AvgIpc) is 2.49. The standard InChI is InChI=1S/C15H21NO4S/c1-4-10-16(5-2)21(18,19)15-12-13(7-6-11-17)8-9-14(15)20-3/h8-9,12,17H,4-5,10-11H2,1-3H3. The van der Waals surface area contributed by atoms with Crippen LogP contribution in [0.1, 0.15) is 25.8 Å². The van der Waals surface area contributed by atoms with Gasteiger partial charge in [-0.05, 0) is 24.6 Å². The number of hydrogen-bond acceptors (Lipinski definition) is 4. The molecule has 1 N–H and O–H groups in total. The Bertz CT molecular complexity index is 629. The Morgan fingerprint density at radius 3 is 2.57 bits per heavy atom. The molecule has 0 saturated heterocycles. The van der Waals surface area contributed by atoms with E-state index in [-0.39, 0.29) is 11.5 Å². The highest BCUT2D eigenvalue weighted by atomic mass is 32.2. The van der Waals surface area contributed by atoms with Crippen molar-refractivity contribution in [1.82, 2.24) is 4.31 Å². The molecule has 0 spiro atoms. The summed E-state index contributed by atoms with van der Waals surface area (Å²) < 4.78 is 32.0. The minimum atomic E-state index is -3.63. The van der Waals surface area contributed by atoms with Gasteiger partial charge in [-0.2, -0.15) is 4.31 Å². The van der Waals surface area contributed by atoms with Crippen molar-refractivity contribution in [2.75, 3.05) is 26.8 Å². The molecule has 1 aromatic rings. The molecule has 0 saturated carbocycles. The number of methoxy groups -OCH3 is 1. The number of aliphatic hydroxyl groups is 1. The highest BCUT2D eigenvalue weighted by molar-refractivity contribution is 7.89. The number of aliphatic hydroxyl groups excluding tert-OH is 1. The van der Waals surface area contributed by atoms with Gasteiger partial charge >= 0.3 is 0 Å². The van der Waals surface area contributed by atoms with Gasteiger partial charge in [0.2, 0.25) is 10.0 Å². The summed E-state index contributed by atoms with van der Waals surface area (Å²) in [5.41, 5.74) is 0.524. The monoisotopic (exact) mass is 311 g/mol. The molecule has 6 heteroatoms. The minimum Gasteiger partial charge on any atom is -0.495 e. The van der Waals surface area contributed by atoms with Crippen LogP contribution in [0.5, 0.6) is 5.75 Å². The van der Waals surface area contributed by atoms with Gasteiger partial charge in [-0.1, -0.05) is 25.7 Å². The average molecular weight is 311 g/mol. The summed E-state index contributed by atoms with van der Waals surface area (Å²) >= 11 is 0. The maximum Gasteiger partial charge on any atom is 0.246 e. The lowest BCUT2D eigenvalue weighted by Gasteiger charge is -2.21. The number of sulfonamides is 1. The first kappa shape index (κ1) is 17.5. The van der Waals surface area contributed by atoms with Crippen molar-refractivity contribution in [2.45, 2.75) is 25.2 Å². The van der Waals surface area contributed by atoms with Crippen molar-refractivity contribution < 1.29 is 18.3 Å². The molecule has 0 aliphatic carbocycles. The van der Waals surface area contributed by atoms with E-state index < -0.39 is 10.0 Å². The quantitative estimate of drug-likeness (QED) is 0.808. The Morgan fingerprint density at radius 2 is 2.05 bits per heavy atom. The summed E-state index contributed by atoms with van der Waals surface area (Å²) in [5.74, 6) is 5.50.